The van der Waals surface area contributed by atoms with Gasteiger partial charge in [-0.25, -0.2) is 0 Å². The summed E-state index contributed by atoms with van der Waals surface area (Å²) in [6, 6.07) is 18.8. The van der Waals surface area contributed by atoms with Gasteiger partial charge in [-0.2, -0.15) is 0 Å². The van der Waals surface area contributed by atoms with Crippen molar-refractivity contribution in [3.05, 3.63) is 65.7 Å². The predicted octanol–water partition coefficient (Wildman–Crippen LogP) is 3.42. The maximum atomic E-state index is 5.42. The predicted molar refractivity (Wildman–Crippen MR) is 79.5 cm³/mol. The summed E-state index contributed by atoms with van der Waals surface area (Å²) in [5, 5.41) is 3.46. The first-order chi connectivity index (χ1) is 9.38. The molecule has 100 valence electrons. The van der Waals surface area contributed by atoms with Gasteiger partial charge in [0.15, 0.2) is 0 Å². The van der Waals surface area contributed by atoms with E-state index >= 15 is 0 Å². The van der Waals surface area contributed by atoms with Crippen molar-refractivity contribution in [2.24, 2.45) is 0 Å². The number of rotatable bonds is 7. The lowest BCUT2D eigenvalue weighted by Gasteiger charge is -2.07. The SMILES string of the molecule is CCOc1ccc(CNCCc2ccccc2)cc1. The number of nitrogens with one attached hydrogen (secondary N) is 1. The van der Waals surface area contributed by atoms with Crippen molar-refractivity contribution in [1.82, 2.24) is 5.32 Å². The molecule has 0 unspecified atom stereocenters. The van der Waals surface area contributed by atoms with Crippen molar-refractivity contribution >= 4 is 0 Å². The molecule has 0 aromatic heterocycles. The molecule has 0 atom stereocenters. The Hall–Kier alpha value is -1.80. The highest BCUT2D eigenvalue weighted by molar-refractivity contribution is 5.27. The van der Waals surface area contributed by atoms with Crippen molar-refractivity contribution in [2.75, 3.05) is 13.2 Å². The molecule has 2 nitrogen and oxygen atoms in total. The van der Waals surface area contributed by atoms with Crippen molar-refractivity contribution in [3.8, 4) is 5.75 Å². The Morgan fingerprint density at radius 2 is 1.63 bits per heavy atom. The largest absolute Gasteiger partial charge is 0.494 e. The highest BCUT2D eigenvalue weighted by Crippen LogP contribution is 2.11. The zero-order valence-corrected chi connectivity index (χ0v) is 11.4. The first-order valence-corrected chi connectivity index (χ1v) is 6.85. The van der Waals surface area contributed by atoms with Crippen molar-refractivity contribution in [2.45, 2.75) is 19.9 Å². The molecule has 2 rings (SSSR count). The third-order valence-corrected chi connectivity index (χ3v) is 3.00. The van der Waals surface area contributed by atoms with Crippen LogP contribution in [0.3, 0.4) is 0 Å². The lowest BCUT2D eigenvalue weighted by molar-refractivity contribution is 0.340. The Labute approximate surface area is 115 Å². The molecule has 1 N–H and O–H groups in total. The van der Waals surface area contributed by atoms with Crippen LogP contribution in [0.15, 0.2) is 54.6 Å². The number of ether oxygens (including phenoxy) is 1. The van der Waals surface area contributed by atoms with Crippen molar-refractivity contribution < 1.29 is 4.74 Å². The van der Waals surface area contributed by atoms with Crippen LogP contribution in [0.1, 0.15) is 18.1 Å². The van der Waals surface area contributed by atoms with Gasteiger partial charge >= 0.3 is 0 Å². The van der Waals surface area contributed by atoms with Crippen molar-refractivity contribution in [3.63, 3.8) is 0 Å². The first-order valence-electron chi connectivity index (χ1n) is 6.85. The molecule has 0 aliphatic rings. The van der Waals surface area contributed by atoms with E-state index in [0.717, 1.165) is 25.3 Å². The minimum atomic E-state index is 0.717. The van der Waals surface area contributed by atoms with E-state index in [2.05, 4.69) is 47.8 Å². The minimum absolute atomic E-state index is 0.717. The fourth-order valence-corrected chi connectivity index (χ4v) is 1.98. The number of benzene rings is 2. The second-order valence-corrected chi connectivity index (χ2v) is 4.49. The van der Waals surface area contributed by atoms with Crippen LogP contribution in [-0.4, -0.2) is 13.2 Å². The molecule has 2 heteroatoms. The standard InChI is InChI=1S/C17H21NO/c1-2-19-17-10-8-16(9-11-17)14-18-13-12-15-6-4-3-5-7-15/h3-11,18H,2,12-14H2,1H3. The highest BCUT2D eigenvalue weighted by Gasteiger charge is 1.95. The van der Waals surface area contributed by atoms with Crippen molar-refractivity contribution in [1.29, 1.82) is 0 Å². The zero-order valence-electron chi connectivity index (χ0n) is 11.4. The van der Waals surface area contributed by atoms with E-state index in [0.29, 0.717) is 6.61 Å². The summed E-state index contributed by atoms with van der Waals surface area (Å²) in [7, 11) is 0. The lowest BCUT2D eigenvalue weighted by atomic mass is 10.1. The Kier molecular flexibility index (Phi) is 5.45. The maximum absolute atomic E-state index is 5.42. The molecule has 0 saturated carbocycles. The topological polar surface area (TPSA) is 21.3 Å². The molecule has 0 bridgehead atoms. The molecule has 0 saturated heterocycles. The summed E-state index contributed by atoms with van der Waals surface area (Å²) in [6.45, 7) is 4.62. The molecule has 0 aliphatic carbocycles. The molecule has 2 aromatic rings. The van der Waals surface area contributed by atoms with Crippen LogP contribution in [0.2, 0.25) is 0 Å². The Morgan fingerprint density at radius 3 is 2.32 bits per heavy atom. The molecule has 2 aromatic carbocycles. The molecule has 0 fully saturated rings. The highest BCUT2D eigenvalue weighted by atomic mass is 16.5. The Bertz CT molecular complexity index is 464. The molecular formula is C17H21NO. The van der Waals surface area contributed by atoms with Gasteiger partial charge in [0.05, 0.1) is 6.61 Å². The summed E-state index contributed by atoms with van der Waals surface area (Å²) >= 11 is 0. The van der Waals surface area contributed by atoms with Gasteiger partial charge in [0.2, 0.25) is 0 Å². The van der Waals surface area contributed by atoms with Gasteiger partial charge in [-0.05, 0) is 43.1 Å². The van der Waals surface area contributed by atoms with Gasteiger partial charge in [0.1, 0.15) is 5.75 Å². The Morgan fingerprint density at radius 1 is 0.895 bits per heavy atom. The van der Waals surface area contributed by atoms with E-state index in [4.69, 9.17) is 4.74 Å². The van der Waals surface area contributed by atoms with Gasteiger partial charge in [-0.15, -0.1) is 0 Å². The van der Waals surface area contributed by atoms with Gasteiger partial charge in [-0.1, -0.05) is 42.5 Å². The second-order valence-electron chi connectivity index (χ2n) is 4.49. The normalized spacial score (nSPS) is 10.4. The average molecular weight is 255 g/mol. The molecule has 0 radical (unpaired) electrons. The monoisotopic (exact) mass is 255 g/mol. The summed E-state index contributed by atoms with van der Waals surface area (Å²) in [6.07, 6.45) is 1.07. The van der Waals surface area contributed by atoms with E-state index in [1.807, 2.05) is 19.1 Å². The second kappa shape index (κ2) is 7.59. The van der Waals surface area contributed by atoms with Gasteiger partial charge < -0.3 is 10.1 Å². The van der Waals surface area contributed by atoms with E-state index in [-0.39, 0.29) is 0 Å². The van der Waals surface area contributed by atoms with Crippen LogP contribution in [0.4, 0.5) is 0 Å². The van der Waals surface area contributed by atoms with Crippen LogP contribution in [0.5, 0.6) is 5.75 Å². The van der Waals surface area contributed by atoms with Gasteiger partial charge in [0, 0.05) is 6.54 Å². The molecular weight excluding hydrogens is 234 g/mol. The fraction of sp³-hybridized carbons (Fsp3) is 0.294. The zero-order chi connectivity index (χ0) is 13.3. The van der Waals surface area contributed by atoms with Crippen LogP contribution in [-0.2, 0) is 13.0 Å². The van der Waals surface area contributed by atoms with Gasteiger partial charge in [0.25, 0.3) is 0 Å². The molecule has 0 aliphatic heterocycles. The lowest BCUT2D eigenvalue weighted by Crippen LogP contribution is -2.16. The van der Waals surface area contributed by atoms with E-state index < -0.39 is 0 Å². The minimum Gasteiger partial charge on any atom is -0.494 e. The Balaban J connectivity index is 1.70. The van der Waals surface area contributed by atoms with Crippen LogP contribution < -0.4 is 10.1 Å². The number of hydrogen-bond donors (Lipinski definition) is 1. The van der Waals surface area contributed by atoms with E-state index in [9.17, 15) is 0 Å². The van der Waals surface area contributed by atoms with Crippen LogP contribution >= 0.6 is 0 Å². The summed E-state index contributed by atoms with van der Waals surface area (Å²) in [4.78, 5) is 0. The summed E-state index contributed by atoms with van der Waals surface area (Å²) < 4.78 is 5.42. The van der Waals surface area contributed by atoms with Gasteiger partial charge in [-0.3, -0.25) is 0 Å². The molecule has 0 amide bonds. The molecule has 0 heterocycles. The fourth-order valence-electron chi connectivity index (χ4n) is 1.98. The van der Waals surface area contributed by atoms with Crippen LogP contribution in [0.25, 0.3) is 0 Å². The van der Waals surface area contributed by atoms with E-state index in [1.165, 1.54) is 11.1 Å². The maximum Gasteiger partial charge on any atom is 0.119 e. The quantitative estimate of drug-likeness (QED) is 0.765. The third kappa shape index (κ3) is 4.76. The smallest absolute Gasteiger partial charge is 0.119 e. The van der Waals surface area contributed by atoms with E-state index in [1.54, 1.807) is 0 Å². The number of hydrogen-bond acceptors (Lipinski definition) is 2. The summed E-state index contributed by atoms with van der Waals surface area (Å²) in [5.41, 5.74) is 2.67. The molecule has 19 heavy (non-hydrogen) atoms. The molecule has 0 spiro atoms. The third-order valence-electron chi connectivity index (χ3n) is 3.00. The van der Waals surface area contributed by atoms with Crippen LogP contribution in [0, 0.1) is 0 Å². The average Bonchev–Trinajstić information content (AvgIpc) is 2.47. The summed E-state index contributed by atoms with van der Waals surface area (Å²) in [5.74, 6) is 0.940. The first kappa shape index (κ1) is 13.6.